The molecule has 0 saturated heterocycles. The number of ether oxygens (including phenoxy) is 2. The number of aliphatic imine (C=N–C) groups is 1. The van der Waals surface area contributed by atoms with Crippen LogP contribution in [0.25, 0.3) is 0 Å². The predicted molar refractivity (Wildman–Crippen MR) is 108 cm³/mol. The molecule has 2 aromatic carbocycles. The first-order valence-electron chi connectivity index (χ1n) is 8.96. The molecule has 0 saturated carbocycles. The van der Waals surface area contributed by atoms with Crippen LogP contribution in [0, 0.1) is 0 Å². The Labute approximate surface area is 160 Å². The van der Waals surface area contributed by atoms with Gasteiger partial charge in [0.1, 0.15) is 11.3 Å². The summed E-state index contributed by atoms with van der Waals surface area (Å²) in [4.78, 5) is 16.2. The van der Waals surface area contributed by atoms with Crippen molar-refractivity contribution in [3.63, 3.8) is 0 Å². The molecule has 0 fully saturated rings. The number of benzene rings is 2. The van der Waals surface area contributed by atoms with Gasteiger partial charge in [-0.15, -0.1) is 0 Å². The van der Waals surface area contributed by atoms with Gasteiger partial charge in [0.15, 0.2) is 5.96 Å². The van der Waals surface area contributed by atoms with Crippen molar-refractivity contribution in [2.45, 2.75) is 33.2 Å². The highest BCUT2D eigenvalue weighted by molar-refractivity contribution is 5.94. The highest BCUT2D eigenvalue weighted by Gasteiger charge is 2.13. The van der Waals surface area contributed by atoms with Crippen LogP contribution in [0.5, 0.6) is 5.75 Å². The summed E-state index contributed by atoms with van der Waals surface area (Å²) in [5, 5.41) is 3.24. The molecule has 6 heteroatoms. The zero-order chi connectivity index (χ0) is 19.8. The van der Waals surface area contributed by atoms with Crippen LogP contribution in [0.3, 0.4) is 0 Å². The van der Waals surface area contributed by atoms with E-state index in [1.54, 1.807) is 12.1 Å². The normalized spacial score (nSPS) is 11.2. The topological polar surface area (TPSA) is 85.9 Å². The number of carbonyl (C=O) groups is 1. The van der Waals surface area contributed by atoms with Crippen LogP contribution in [-0.2, 0) is 24.1 Å². The minimum Gasteiger partial charge on any atom is -0.496 e. The summed E-state index contributed by atoms with van der Waals surface area (Å²) >= 11 is 0. The summed E-state index contributed by atoms with van der Waals surface area (Å²) in [6, 6.07) is 11.5. The second-order valence-corrected chi connectivity index (χ2v) is 6.01. The van der Waals surface area contributed by atoms with Crippen molar-refractivity contribution in [1.29, 1.82) is 0 Å². The molecule has 0 atom stereocenters. The summed E-state index contributed by atoms with van der Waals surface area (Å²) in [6.45, 7) is 4.59. The second kappa shape index (κ2) is 9.62. The van der Waals surface area contributed by atoms with Crippen LogP contribution in [0.1, 0.15) is 40.9 Å². The molecular weight excluding hydrogens is 342 g/mol. The van der Waals surface area contributed by atoms with Gasteiger partial charge < -0.3 is 20.5 Å². The number of guanidine groups is 1. The third-order valence-corrected chi connectivity index (χ3v) is 4.36. The van der Waals surface area contributed by atoms with E-state index in [1.807, 2.05) is 6.07 Å². The Bertz CT molecular complexity index is 809. The van der Waals surface area contributed by atoms with Crippen molar-refractivity contribution in [2.75, 3.05) is 19.5 Å². The van der Waals surface area contributed by atoms with Gasteiger partial charge in [-0.05, 0) is 41.7 Å². The van der Waals surface area contributed by atoms with E-state index in [0.717, 1.165) is 24.1 Å². The first-order valence-corrected chi connectivity index (χ1v) is 8.96. The number of nitrogens with one attached hydrogen (secondary N) is 1. The van der Waals surface area contributed by atoms with Crippen molar-refractivity contribution in [3.8, 4) is 5.75 Å². The van der Waals surface area contributed by atoms with Gasteiger partial charge in [0, 0.05) is 5.69 Å². The van der Waals surface area contributed by atoms with E-state index < -0.39 is 5.97 Å². The molecule has 6 nitrogen and oxygen atoms in total. The lowest BCUT2D eigenvalue weighted by molar-refractivity contribution is 0.0597. The van der Waals surface area contributed by atoms with Crippen LogP contribution >= 0.6 is 0 Å². The molecule has 0 aromatic heterocycles. The lowest BCUT2D eigenvalue weighted by atomic mass is 10.0. The van der Waals surface area contributed by atoms with Gasteiger partial charge in [0.05, 0.1) is 20.8 Å². The summed E-state index contributed by atoms with van der Waals surface area (Å²) in [7, 11) is 2.85. The lowest BCUT2D eigenvalue weighted by Crippen LogP contribution is -2.24. The minimum atomic E-state index is -0.439. The maximum absolute atomic E-state index is 11.7. The van der Waals surface area contributed by atoms with Crippen molar-refractivity contribution < 1.29 is 14.3 Å². The molecule has 0 aliphatic rings. The molecule has 0 aliphatic heterocycles. The number of methoxy groups -OCH3 is 2. The van der Waals surface area contributed by atoms with E-state index in [2.05, 4.69) is 42.4 Å². The van der Waals surface area contributed by atoms with E-state index >= 15 is 0 Å². The summed E-state index contributed by atoms with van der Waals surface area (Å²) in [6.07, 6.45) is 1.82. The summed E-state index contributed by atoms with van der Waals surface area (Å²) in [5.74, 6) is 0.360. The highest BCUT2D eigenvalue weighted by atomic mass is 16.5. The first-order chi connectivity index (χ1) is 13.0. The lowest BCUT2D eigenvalue weighted by Gasteiger charge is -2.15. The average Bonchev–Trinajstić information content (AvgIpc) is 2.71. The van der Waals surface area contributed by atoms with Crippen molar-refractivity contribution >= 4 is 17.6 Å². The number of para-hydroxylation sites is 1. The SMILES string of the molecule is CCc1cccc(CC)c1NC(N)=NCc1ccc(C(=O)OC)c(OC)c1. The number of hydrogen-bond donors (Lipinski definition) is 2. The molecule has 2 rings (SSSR count). The Balaban J connectivity index is 2.18. The monoisotopic (exact) mass is 369 g/mol. The molecule has 0 bridgehead atoms. The van der Waals surface area contributed by atoms with Crippen LogP contribution in [0.2, 0.25) is 0 Å². The molecule has 2 aromatic rings. The number of nitrogens with zero attached hydrogens (tertiary/aromatic N) is 1. The number of esters is 1. The molecular formula is C21H27N3O3. The van der Waals surface area contributed by atoms with Crippen LogP contribution in [0.4, 0.5) is 5.69 Å². The first kappa shape index (κ1) is 20.3. The smallest absolute Gasteiger partial charge is 0.341 e. The molecule has 0 aliphatic carbocycles. The number of aryl methyl sites for hydroxylation is 2. The fourth-order valence-electron chi connectivity index (χ4n) is 2.86. The van der Waals surface area contributed by atoms with Gasteiger partial charge in [-0.25, -0.2) is 9.79 Å². The quantitative estimate of drug-likeness (QED) is 0.443. The number of rotatable bonds is 7. The van der Waals surface area contributed by atoms with Gasteiger partial charge in [-0.1, -0.05) is 38.1 Å². The Hall–Kier alpha value is -3.02. The van der Waals surface area contributed by atoms with E-state index in [1.165, 1.54) is 25.3 Å². The van der Waals surface area contributed by atoms with E-state index in [0.29, 0.717) is 23.8 Å². The third kappa shape index (κ3) is 5.00. The number of anilines is 1. The third-order valence-electron chi connectivity index (χ3n) is 4.36. The number of hydrogen-bond acceptors (Lipinski definition) is 4. The van der Waals surface area contributed by atoms with Gasteiger partial charge in [-0.2, -0.15) is 0 Å². The molecule has 0 amide bonds. The summed E-state index contributed by atoms with van der Waals surface area (Å²) < 4.78 is 10.0. The van der Waals surface area contributed by atoms with Crippen LogP contribution in [-0.4, -0.2) is 26.1 Å². The largest absolute Gasteiger partial charge is 0.496 e. The van der Waals surface area contributed by atoms with E-state index in [-0.39, 0.29) is 0 Å². The van der Waals surface area contributed by atoms with Gasteiger partial charge in [0.2, 0.25) is 0 Å². The van der Waals surface area contributed by atoms with E-state index in [4.69, 9.17) is 15.2 Å². The standard InChI is InChI=1S/C21H27N3O3/c1-5-15-8-7-9-16(6-2)19(15)24-21(22)23-13-14-10-11-17(20(25)27-4)18(12-14)26-3/h7-12H,5-6,13H2,1-4H3,(H3,22,23,24). The van der Waals surface area contributed by atoms with Gasteiger partial charge >= 0.3 is 5.97 Å². The van der Waals surface area contributed by atoms with Gasteiger partial charge in [-0.3, -0.25) is 0 Å². The second-order valence-electron chi connectivity index (χ2n) is 6.01. The zero-order valence-corrected chi connectivity index (χ0v) is 16.3. The average molecular weight is 369 g/mol. The van der Waals surface area contributed by atoms with Crippen molar-refractivity contribution in [1.82, 2.24) is 0 Å². The Morgan fingerprint density at radius 2 is 1.78 bits per heavy atom. The number of carbonyl (C=O) groups excluding carboxylic acids is 1. The highest BCUT2D eigenvalue weighted by Crippen LogP contribution is 2.23. The maximum Gasteiger partial charge on any atom is 0.341 e. The minimum absolute atomic E-state index is 0.349. The summed E-state index contributed by atoms with van der Waals surface area (Å²) in [5.41, 5.74) is 10.8. The molecule has 144 valence electrons. The predicted octanol–water partition coefficient (Wildman–Crippen LogP) is 3.53. The maximum atomic E-state index is 11.7. The van der Waals surface area contributed by atoms with E-state index in [9.17, 15) is 4.79 Å². The molecule has 0 heterocycles. The van der Waals surface area contributed by atoms with Gasteiger partial charge in [0.25, 0.3) is 0 Å². The Morgan fingerprint density at radius 3 is 2.33 bits per heavy atom. The van der Waals surface area contributed by atoms with Crippen molar-refractivity contribution in [3.05, 3.63) is 58.7 Å². The van der Waals surface area contributed by atoms with Crippen molar-refractivity contribution in [2.24, 2.45) is 10.7 Å². The Morgan fingerprint density at radius 1 is 1.11 bits per heavy atom. The fraction of sp³-hybridized carbons (Fsp3) is 0.333. The molecule has 3 N–H and O–H groups in total. The molecule has 0 unspecified atom stereocenters. The van der Waals surface area contributed by atoms with Crippen LogP contribution in [0.15, 0.2) is 41.4 Å². The fourth-order valence-corrected chi connectivity index (χ4v) is 2.86. The number of nitrogens with two attached hydrogens (primary N) is 1. The molecule has 0 radical (unpaired) electrons. The Kier molecular flexibility index (Phi) is 7.23. The molecule has 0 spiro atoms. The zero-order valence-electron chi connectivity index (χ0n) is 16.3. The van der Waals surface area contributed by atoms with Crippen LogP contribution < -0.4 is 15.8 Å². The molecule has 27 heavy (non-hydrogen) atoms.